The number of nitrogens with zero attached hydrogens (tertiary/aromatic N) is 2. The number of carbonyl (C=O) groups excluding carboxylic acids is 1. The van der Waals surface area contributed by atoms with Gasteiger partial charge in [-0.25, -0.2) is 9.59 Å². The van der Waals surface area contributed by atoms with E-state index < -0.39 is 17.0 Å². The third-order valence-corrected chi connectivity index (χ3v) is 6.34. The molecule has 0 aliphatic rings. The maximum atomic E-state index is 13.1. The number of aryl methyl sites for hydroxylation is 1. The van der Waals surface area contributed by atoms with Crippen LogP contribution >= 0.6 is 0 Å². The minimum Gasteiger partial charge on any atom is -0.492 e. The molecular formula is C29H41N3O7. The molecule has 0 aliphatic heterocycles. The average Bonchev–Trinajstić information content (AvgIpc) is 2.91. The Hall–Kier alpha value is -3.66. The number of aliphatic carboxylic acids is 1. The van der Waals surface area contributed by atoms with Crippen molar-refractivity contribution >= 4 is 23.4 Å². The molecule has 10 nitrogen and oxygen atoms in total. The Bertz CT molecular complexity index is 1060. The highest BCUT2D eigenvalue weighted by molar-refractivity contribution is 5.89. The van der Waals surface area contributed by atoms with Crippen LogP contribution in [0.5, 0.6) is 5.75 Å². The highest BCUT2D eigenvalue weighted by Gasteiger charge is 2.19. The Labute approximate surface area is 230 Å². The zero-order chi connectivity index (χ0) is 28.6. The number of carbonyl (C=O) groups is 2. The molecule has 0 spiro atoms. The fourth-order valence-electron chi connectivity index (χ4n) is 4.11. The van der Waals surface area contributed by atoms with Crippen molar-refractivity contribution in [3.05, 3.63) is 63.7 Å². The Morgan fingerprint density at radius 1 is 1.03 bits per heavy atom. The number of ether oxygens (including phenoxy) is 2. The number of hydrogen-bond donors (Lipinski definition) is 2. The number of carboxylic acid groups (broad SMARTS) is 1. The van der Waals surface area contributed by atoms with E-state index in [0.29, 0.717) is 36.7 Å². The van der Waals surface area contributed by atoms with E-state index in [0.717, 1.165) is 24.8 Å². The normalized spacial score (nSPS) is 11.6. The smallest absolute Gasteiger partial charge is 0.333 e. The van der Waals surface area contributed by atoms with Crippen molar-refractivity contribution in [1.82, 2.24) is 4.90 Å². The number of rotatable bonds is 18. The molecule has 0 heterocycles. The summed E-state index contributed by atoms with van der Waals surface area (Å²) in [6.07, 6.45) is 5.88. The van der Waals surface area contributed by atoms with Crippen molar-refractivity contribution in [3.63, 3.8) is 0 Å². The van der Waals surface area contributed by atoms with E-state index in [2.05, 4.69) is 12.2 Å². The van der Waals surface area contributed by atoms with Gasteiger partial charge < -0.3 is 24.8 Å². The van der Waals surface area contributed by atoms with E-state index in [9.17, 15) is 24.8 Å². The van der Waals surface area contributed by atoms with E-state index in [1.54, 1.807) is 55.1 Å². The molecule has 39 heavy (non-hydrogen) atoms. The van der Waals surface area contributed by atoms with Crippen LogP contribution in [0.25, 0.3) is 0 Å². The third-order valence-electron chi connectivity index (χ3n) is 6.34. The fraction of sp³-hybridized carbons (Fsp3) is 0.517. The first-order chi connectivity index (χ1) is 18.7. The summed E-state index contributed by atoms with van der Waals surface area (Å²) in [5.74, 6) is -0.391. The fourth-order valence-corrected chi connectivity index (χ4v) is 4.11. The second-order valence-corrected chi connectivity index (χ2v) is 9.42. The number of carboxylic acids is 1. The largest absolute Gasteiger partial charge is 0.492 e. The first kappa shape index (κ1) is 31.6. The van der Waals surface area contributed by atoms with Crippen LogP contribution in [0.15, 0.2) is 42.5 Å². The van der Waals surface area contributed by atoms with Gasteiger partial charge in [0.1, 0.15) is 12.4 Å². The maximum absolute atomic E-state index is 13.1. The molecule has 0 fully saturated rings. The molecule has 2 amide bonds. The number of nitro benzene ring substituents is 1. The number of nitro groups is 1. The quantitative estimate of drug-likeness (QED) is 0.130. The van der Waals surface area contributed by atoms with E-state index >= 15 is 0 Å². The topological polar surface area (TPSA) is 131 Å². The van der Waals surface area contributed by atoms with Crippen molar-refractivity contribution in [2.24, 2.45) is 0 Å². The summed E-state index contributed by atoms with van der Waals surface area (Å²) in [7, 11) is 0. The van der Waals surface area contributed by atoms with E-state index in [1.807, 2.05) is 0 Å². The second-order valence-electron chi connectivity index (χ2n) is 9.42. The van der Waals surface area contributed by atoms with Gasteiger partial charge in [-0.2, -0.15) is 0 Å². The van der Waals surface area contributed by atoms with Crippen LogP contribution in [0.2, 0.25) is 0 Å². The summed E-state index contributed by atoms with van der Waals surface area (Å²) in [6, 6.07) is 11.4. The highest BCUT2D eigenvalue weighted by atomic mass is 16.6. The Morgan fingerprint density at radius 3 is 2.36 bits per heavy atom. The lowest BCUT2D eigenvalue weighted by Crippen LogP contribution is -2.38. The van der Waals surface area contributed by atoms with Crippen molar-refractivity contribution in [2.75, 3.05) is 31.6 Å². The number of hydrogen-bond acceptors (Lipinski definition) is 6. The minimum atomic E-state index is -0.999. The molecule has 0 aliphatic carbocycles. The number of amides is 2. The predicted octanol–water partition coefficient (Wildman–Crippen LogP) is 6.21. The van der Waals surface area contributed by atoms with Gasteiger partial charge in [0.15, 0.2) is 6.10 Å². The maximum Gasteiger partial charge on any atom is 0.333 e. The SMILES string of the molecule is CCCCCCCCN(CCOc1ccc(CC(OCC)C(=O)O)cc1)C(=O)Nc1ccc(C)c([N+](=O)[O-])c1. The minimum absolute atomic E-state index is 0.0435. The van der Waals surface area contributed by atoms with Gasteiger partial charge in [0.25, 0.3) is 5.69 Å². The van der Waals surface area contributed by atoms with Gasteiger partial charge in [-0.15, -0.1) is 0 Å². The molecule has 2 rings (SSSR count). The van der Waals surface area contributed by atoms with Gasteiger partial charge in [-0.05, 0) is 44.0 Å². The van der Waals surface area contributed by atoms with Crippen molar-refractivity contribution in [1.29, 1.82) is 0 Å². The molecule has 0 bridgehead atoms. The first-order valence-corrected chi connectivity index (χ1v) is 13.6. The summed E-state index contributed by atoms with van der Waals surface area (Å²) in [6.45, 7) is 7.04. The number of nitrogens with one attached hydrogen (secondary N) is 1. The van der Waals surface area contributed by atoms with Crippen molar-refractivity contribution in [3.8, 4) is 5.75 Å². The average molecular weight is 544 g/mol. The first-order valence-electron chi connectivity index (χ1n) is 13.6. The number of unbranched alkanes of at least 4 members (excludes halogenated alkanes) is 5. The van der Waals surface area contributed by atoms with Gasteiger partial charge in [-0.3, -0.25) is 10.1 Å². The third kappa shape index (κ3) is 11.3. The van der Waals surface area contributed by atoms with Crippen LogP contribution in [-0.2, 0) is 16.0 Å². The molecule has 2 N–H and O–H groups in total. The molecule has 10 heteroatoms. The Balaban J connectivity index is 1.97. The van der Waals surface area contributed by atoms with Crippen molar-refractivity contribution < 1.29 is 29.1 Å². The summed E-state index contributed by atoms with van der Waals surface area (Å²) in [5.41, 5.74) is 1.67. The molecule has 0 saturated heterocycles. The second kappa shape index (κ2) is 17.0. The molecular weight excluding hydrogens is 502 g/mol. The summed E-state index contributed by atoms with van der Waals surface area (Å²) < 4.78 is 11.1. The van der Waals surface area contributed by atoms with Gasteiger partial charge >= 0.3 is 12.0 Å². The Kier molecular flexibility index (Phi) is 13.8. The van der Waals surface area contributed by atoms with Crippen LogP contribution in [-0.4, -0.2) is 59.3 Å². The van der Waals surface area contributed by atoms with Gasteiger partial charge in [0.05, 0.1) is 11.5 Å². The molecule has 214 valence electrons. The lowest BCUT2D eigenvalue weighted by molar-refractivity contribution is -0.385. The van der Waals surface area contributed by atoms with Gasteiger partial charge in [-0.1, -0.05) is 57.2 Å². The van der Waals surface area contributed by atoms with Gasteiger partial charge in [0.2, 0.25) is 0 Å². The zero-order valence-corrected chi connectivity index (χ0v) is 23.2. The lowest BCUT2D eigenvalue weighted by atomic mass is 10.1. The predicted molar refractivity (Wildman–Crippen MR) is 150 cm³/mol. The monoisotopic (exact) mass is 543 g/mol. The summed E-state index contributed by atoms with van der Waals surface area (Å²) in [5, 5.41) is 23.3. The standard InChI is InChI=1S/C29H41N3O7/c1-4-6-7-8-9-10-17-31(29(35)30-24-14-11-22(3)26(21-24)32(36)37)18-19-39-25-15-12-23(13-16-25)20-27(28(33)34)38-5-2/h11-16,21,27H,4-10,17-20H2,1-3H3,(H,30,35)(H,33,34). The highest BCUT2D eigenvalue weighted by Crippen LogP contribution is 2.23. The zero-order valence-electron chi connectivity index (χ0n) is 23.2. The van der Waals surface area contributed by atoms with E-state index in [-0.39, 0.29) is 24.7 Å². The molecule has 1 atom stereocenters. The van der Waals surface area contributed by atoms with Crippen LogP contribution in [0.4, 0.5) is 16.2 Å². The summed E-state index contributed by atoms with van der Waals surface area (Å²) in [4.78, 5) is 36.9. The van der Waals surface area contributed by atoms with E-state index in [1.165, 1.54) is 25.3 Å². The number of anilines is 1. The van der Waals surface area contributed by atoms with Gasteiger partial charge in [0, 0.05) is 36.9 Å². The van der Waals surface area contributed by atoms with Crippen LogP contribution in [0, 0.1) is 17.0 Å². The van der Waals surface area contributed by atoms with E-state index in [4.69, 9.17) is 9.47 Å². The molecule has 2 aromatic rings. The number of urea groups is 1. The van der Waals surface area contributed by atoms with Crippen LogP contribution in [0.3, 0.4) is 0 Å². The van der Waals surface area contributed by atoms with Crippen molar-refractivity contribution in [2.45, 2.75) is 71.8 Å². The summed E-state index contributed by atoms with van der Waals surface area (Å²) >= 11 is 0. The molecule has 0 radical (unpaired) electrons. The lowest BCUT2D eigenvalue weighted by Gasteiger charge is -2.23. The van der Waals surface area contributed by atoms with Crippen LogP contribution < -0.4 is 10.1 Å². The molecule has 1 unspecified atom stereocenters. The molecule has 0 saturated carbocycles. The van der Waals surface area contributed by atoms with Crippen LogP contribution in [0.1, 0.15) is 63.5 Å². The molecule has 0 aromatic heterocycles. The Morgan fingerprint density at radius 2 is 1.72 bits per heavy atom. The molecule has 2 aromatic carbocycles. The number of benzene rings is 2.